The van der Waals surface area contributed by atoms with Crippen LogP contribution in [0.4, 0.5) is 0 Å². The van der Waals surface area contributed by atoms with Crippen LogP contribution in [0.3, 0.4) is 0 Å². The van der Waals surface area contributed by atoms with Gasteiger partial charge in [0.05, 0.1) is 5.56 Å². The second-order valence-electron chi connectivity index (χ2n) is 2.46. The van der Waals surface area contributed by atoms with Crippen LogP contribution in [0, 0.1) is 26.2 Å². The Morgan fingerprint density at radius 2 is 2.18 bits per heavy atom. The van der Waals surface area contributed by atoms with Crippen LogP contribution in [0.1, 0.15) is 16.8 Å². The molecule has 0 unspecified atom stereocenters. The Labute approximate surface area is 65.3 Å². The number of aromatic amines is 1. The highest BCUT2D eigenvalue weighted by atomic mass is 16.1. The molecule has 0 spiro atoms. The van der Waals surface area contributed by atoms with E-state index in [0.29, 0.717) is 5.56 Å². The van der Waals surface area contributed by atoms with E-state index in [9.17, 15) is 4.79 Å². The van der Waals surface area contributed by atoms with Gasteiger partial charge in [0.2, 0.25) is 0 Å². The Hall–Kier alpha value is -1.49. The maximum absolute atomic E-state index is 11.0. The van der Waals surface area contributed by atoms with Crippen LogP contribution in [-0.2, 0) is 0 Å². The molecule has 1 aromatic rings. The zero-order valence-electron chi connectivity index (χ0n) is 6.56. The molecular formula is C9H9NO. The van der Waals surface area contributed by atoms with Crippen molar-refractivity contribution < 1.29 is 0 Å². The van der Waals surface area contributed by atoms with Gasteiger partial charge in [0.15, 0.2) is 0 Å². The zero-order valence-corrected chi connectivity index (χ0v) is 6.56. The summed E-state index contributed by atoms with van der Waals surface area (Å²) in [6.45, 7) is 3.75. The SMILES string of the molecule is C#Cc1cc(C)c(C)[nH]c1=O. The Kier molecular flexibility index (Phi) is 1.82. The number of pyridine rings is 1. The van der Waals surface area contributed by atoms with E-state index in [-0.39, 0.29) is 5.56 Å². The average molecular weight is 147 g/mol. The van der Waals surface area contributed by atoms with E-state index in [0.717, 1.165) is 11.3 Å². The largest absolute Gasteiger partial charge is 0.325 e. The first-order valence-corrected chi connectivity index (χ1v) is 3.32. The molecule has 0 aliphatic rings. The van der Waals surface area contributed by atoms with E-state index in [2.05, 4.69) is 10.9 Å². The van der Waals surface area contributed by atoms with Crippen molar-refractivity contribution in [3.63, 3.8) is 0 Å². The maximum atomic E-state index is 11.0. The summed E-state index contributed by atoms with van der Waals surface area (Å²) >= 11 is 0. The van der Waals surface area contributed by atoms with Crippen molar-refractivity contribution in [1.29, 1.82) is 0 Å². The first-order valence-electron chi connectivity index (χ1n) is 3.32. The van der Waals surface area contributed by atoms with Gasteiger partial charge < -0.3 is 4.98 Å². The summed E-state index contributed by atoms with van der Waals surface area (Å²) in [5.41, 5.74) is 2.09. The minimum Gasteiger partial charge on any atom is -0.325 e. The lowest BCUT2D eigenvalue weighted by molar-refractivity contribution is 1.09. The number of hydrogen-bond donors (Lipinski definition) is 1. The third-order valence-corrected chi connectivity index (χ3v) is 1.65. The molecule has 0 bridgehead atoms. The van der Waals surface area contributed by atoms with E-state index >= 15 is 0 Å². The number of terminal acetylenes is 1. The molecule has 0 saturated heterocycles. The normalized spacial score (nSPS) is 9.18. The van der Waals surface area contributed by atoms with Gasteiger partial charge in [-0.3, -0.25) is 4.79 Å². The third-order valence-electron chi connectivity index (χ3n) is 1.65. The van der Waals surface area contributed by atoms with Crippen molar-refractivity contribution in [3.05, 3.63) is 33.2 Å². The predicted octanol–water partition coefficient (Wildman–Crippen LogP) is 0.973. The van der Waals surface area contributed by atoms with E-state index < -0.39 is 0 Å². The standard InChI is InChI=1S/C9H9NO/c1-4-8-5-6(2)7(3)10-9(8)11/h1,5H,2-3H3,(H,10,11). The van der Waals surface area contributed by atoms with Gasteiger partial charge in [-0.15, -0.1) is 6.42 Å². The lowest BCUT2D eigenvalue weighted by Crippen LogP contribution is -2.11. The number of aromatic nitrogens is 1. The molecule has 2 heteroatoms. The summed E-state index contributed by atoms with van der Waals surface area (Å²) in [4.78, 5) is 13.7. The minimum atomic E-state index is -0.185. The van der Waals surface area contributed by atoms with E-state index in [1.54, 1.807) is 6.07 Å². The molecular weight excluding hydrogens is 138 g/mol. The highest BCUT2D eigenvalue weighted by molar-refractivity contribution is 5.34. The molecule has 1 heterocycles. The second kappa shape index (κ2) is 2.63. The van der Waals surface area contributed by atoms with E-state index in [1.165, 1.54) is 0 Å². The van der Waals surface area contributed by atoms with Crippen LogP contribution in [0.5, 0.6) is 0 Å². The first kappa shape index (κ1) is 7.62. The van der Waals surface area contributed by atoms with Crippen LogP contribution in [-0.4, -0.2) is 4.98 Å². The van der Waals surface area contributed by atoms with Gasteiger partial charge in [-0.2, -0.15) is 0 Å². The lowest BCUT2D eigenvalue weighted by atomic mass is 10.2. The highest BCUT2D eigenvalue weighted by Gasteiger charge is 1.98. The summed E-state index contributed by atoms with van der Waals surface area (Å²) in [6, 6.07) is 1.72. The quantitative estimate of drug-likeness (QED) is 0.545. The topological polar surface area (TPSA) is 32.9 Å². The lowest BCUT2D eigenvalue weighted by Gasteiger charge is -1.98. The van der Waals surface area contributed by atoms with Gasteiger partial charge in [0.25, 0.3) is 5.56 Å². The van der Waals surface area contributed by atoms with Gasteiger partial charge in [0.1, 0.15) is 0 Å². The van der Waals surface area contributed by atoms with E-state index in [4.69, 9.17) is 6.42 Å². The number of hydrogen-bond acceptors (Lipinski definition) is 1. The molecule has 1 rings (SSSR count). The van der Waals surface area contributed by atoms with Crippen molar-refractivity contribution in [1.82, 2.24) is 4.98 Å². The fraction of sp³-hybridized carbons (Fsp3) is 0.222. The zero-order chi connectivity index (χ0) is 8.43. The molecule has 0 aliphatic carbocycles. The molecule has 0 fully saturated rings. The predicted molar refractivity (Wildman–Crippen MR) is 44.5 cm³/mol. The maximum Gasteiger partial charge on any atom is 0.263 e. The molecule has 2 nitrogen and oxygen atoms in total. The third kappa shape index (κ3) is 1.32. The van der Waals surface area contributed by atoms with Crippen LogP contribution in [0.2, 0.25) is 0 Å². The molecule has 56 valence electrons. The van der Waals surface area contributed by atoms with Gasteiger partial charge in [-0.05, 0) is 25.5 Å². The number of rotatable bonds is 0. The van der Waals surface area contributed by atoms with Crippen molar-refractivity contribution in [3.8, 4) is 12.3 Å². The molecule has 0 aromatic carbocycles. The average Bonchev–Trinajstić information content (AvgIpc) is 1.97. The Morgan fingerprint density at radius 3 is 2.73 bits per heavy atom. The van der Waals surface area contributed by atoms with Crippen LogP contribution in [0.25, 0.3) is 0 Å². The number of aryl methyl sites for hydroxylation is 2. The first-order chi connectivity index (χ1) is 5.15. The van der Waals surface area contributed by atoms with Crippen molar-refractivity contribution in [2.75, 3.05) is 0 Å². The van der Waals surface area contributed by atoms with Crippen molar-refractivity contribution >= 4 is 0 Å². The summed E-state index contributed by atoms with van der Waals surface area (Å²) < 4.78 is 0. The second-order valence-corrected chi connectivity index (χ2v) is 2.46. The smallest absolute Gasteiger partial charge is 0.263 e. The number of nitrogens with one attached hydrogen (secondary N) is 1. The van der Waals surface area contributed by atoms with Gasteiger partial charge in [-0.1, -0.05) is 5.92 Å². The summed E-state index contributed by atoms with van der Waals surface area (Å²) in [5.74, 6) is 2.32. The van der Waals surface area contributed by atoms with E-state index in [1.807, 2.05) is 13.8 Å². The Bertz CT molecular complexity index is 368. The Balaban J connectivity index is 3.48. The van der Waals surface area contributed by atoms with Crippen molar-refractivity contribution in [2.45, 2.75) is 13.8 Å². The van der Waals surface area contributed by atoms with Crippen LogP contribution < -0.4 is 5.56 Å². The monoisotopic (exact) mass is 147 g/mol. The van der Waals surface area contributed by atoms with Crippen molar-refractivity contribution in [2.24, 2.45) is 0 Å². The van der Waals surface area contributed by atoms with Gasteiger partial charge in [0, 0.05) is 5.69 Å². The molecule has 0 amide bonds. The molecule has 0 saturated carbocycles. The molecule has 0 atom stereocenters. The number of H-pyrrole nitrogens is 1. The molecule has 0 aliphatic heterocycles. The van der Waals surface area contributed by atoms with Crippen LogP contribution in [0.15, 0.2) is 10.9 Å². The fourth-order valence-electron chi connectivity index (χ4n) is 0.834. The molecule has 1 N–H and O–H groups in total. The summed E-state index contributed by atoms with van der Waals surface area (Å²) in [6.07, 6.45) is 5.10. The minimum absolute atomic E-state index is 0.185. The fourth-order valence-corrected chi connectivity index (χ4v) is 0.834. The van der Waals surface area contributed by atoms with Gasteiger partial charge >= 0.3 is 0 Å². The summed E-state index contributed by atoms with van der Waals surface area (Å²) in [5, 5.41) is 0. The van der Waals surface area contributed by atoms with Crippen LogP contribution >= 0.6 is 0 Å². The highest BCUT2D eigenvalue weighted by Crippen LogP contribution is 2.00. The Morgan fingerprint density at radius 1 is 1.55 bits per heavy atom. The molecule has 11 heavy (non-hydrogen) atoms. The summed E-state index contributed by atoms with van der Waals surface area (Å²) in [7, 11) is 0. The molecule has 0 radical (unpaired) electrons. The molecule has 1 aromatic heterocycles. The van der Waals surface area contributed by atoms with Gasteiger partial charge in [-0.25, -0.2) is 0 Å².